The normalized spacial score (nSPS) is 21.8. The maximum absolute atomic E-state index is 5.74. The second-order valence-electron chi connectivity index (χ2n) is 8.60. The van der Waals surface area contributed by atoms with Crippen molar-refractivity contribution in [2.24, 2.45) is 0 Å². The minimum Gasteiger partial charge on any atom is -0.383 e. The van der Waals surface area contributed by atoms with Gasteiger partial charge in [0.2, 0.25) is 0 Å². The molecule has 2 unspecified atom stereocenters. The molecule has 2 aliphatic heterocycles. The van der Waals surface area contributed by atoms with Crippen molar-refractivity contribution in [3.8, 4) is 0 Å². The van der Waals surface area contributed by atoms with E-state index in [1.165, 1.54) is 17.0 Å². The molecule has 7 nitrogen and oxygen atoms in total. The molecular formula is C24H35N5O2S. The molecule has 2 saturated heterocycles. The number of hydrogen-bond acceptors (Lipinski definition) is 5. The molecule has 2 atom stereocenters. The lowest BCUT2D eigenvalue weighted by Gasteiger charge is -2.28. The first kappa shape index (κ1) is 23.2. The number of aromatic nitrogens is 2. The Kier molecular flexibility index (Phi) is 7.78. The van der Waals surface area contributed by atoms with Gasteiger partial charge in [0.25, 0.3) is 0 Å². The number of hydrogen-bond donors (Lipinski definition) is 1. The standard InChI is InChI=1S/C24H35N5O2S/c1-18-17-20(19(2)28(18)10-6-9-27-11-15-31-16-12-27)23-22(21-7-4-5-8-25-21)26-24(32)29(23)13-14-30-3/h4-5,7-8,17,22-23H,6,9-16H2,1-3H3,(H,26,32). The Labute approximate surface area is 196 Å². The van der Waals surface area contributed by atoms with Crippen LogP contribution in [0.2, 0.25) is 0 Å². The molecule has 2 fully saturated rings. The number of pyridine rings is 1. The first-order valence-corrected chi connectivity index (χ1v) is 11.9. The highest BCUT2D eigenvalue weighted by Gasteiger charge is 2.41. The van der Waals surface area contributed by atoms with Crippen molar-refractivity contribution in [1.82, 2.24) is 24.7 Å². The van der Waals surface area contributed by atoms with Gasteiger partial charge in [-0.15, -0.1) is 0 Å². The smallest absolute Gasteiger partial charge is 0.170 e. The van der Waals surface area contributed by atoms with Crippen LogP contribution < -0.4 is 5.32 Å². The number of aryl methyl sites for hydroxylation is 1. The van der Waals surface area contributed by atoms with Gasteiger partial charge in [0.1, 0.15) is 0 Å². The summed E-state index contributed by atoms with van der Waals surface area (Å²) in [7, 11) is 1.73. The molecule has 8 heteroatoms. The van der Waals surface area contributed by atoms with Crippen LogP contribution in [0.25, 0.3) is 0 Å². The van der Waals surface area contributed by atoms with E-state index in [0.29, 0.717) is 6.61 Å². The van der Waals surface area contributed by atoms with Gasteiger partial charge in [-0.3, -0.25) is 9.88 Å². The quantitative estimate of drug-likeness (QED) is 0.581. The Morgan fingerprint density at radius 2 is 2.00 bits per heavy atom. The van der Waals surface area contributed by atoms with Crippen LogP contribution in [-0.2, 0) is 16.0 Å². The summed E-state index contributed by atoms with van der Waals surface area (Å²) in [6.45, 7) is 11.7. The highest BCUT2D eigenvalue weighted by atomic mass is 32.1. The molecule has 2 aliphatic rings. The molecule has 32 heavy (non-hydrogen) atoms. The van der Waals surface area contributed by atoms with Crippen molar-refractivity contribution >= 4 is 17.3 Å². The van der Waals surface area contributed by atoms with E-state index in [-0.39, 0.29) is 12.1 Å². The Morgan fingerprint density at radius 1 is 1.19 bits per heavy atom. The van der Waals surface area contributed by atoms with Crippen LogP contribution in [0.1, 0.15) is 41.1 Å². The first-order valence-electron chi connectivity index (χ1n) is 11.5. The summed E-state index contributed by atoms with van der Waals surface area (Å²) in [6.07, 6.45) is 2.98. The Hall–Kier alpha value is -2.00. The van der Waals surface area contributed by atoms with Gasteiger partial charge in [0.05, 0.1) is 37.6 Å². The molecule has 0 radical (unpaired) electrons. The zero-order valence-corrected chi connectivity index (χ0v) is 20.2. The van der Waals surface area contributed by atoms with Gasteiger partial charge in [-0.25, -0.2) is 0 Å². The van der Waals surface area contributed by atoms with E-state index in [1.54, 1.807) is 7.11 Å². The summed E-state index contributed by atoms with van der Waals surface area (Å²) >= 11 is 5.74. The van der Waals surface area contributed by atoms with Crippen LogP contribution in [0.4, 0.5) is 0 Å². The molecule has 2 aromatic rings. The first-order chi connectivity index (χ1) is 15.6. The van der Waals surface area contributed by atoms with Crippen LogP contribution in [0.5, 0.6) is 0 Å². The fraction of sp³-hybridized carbons (Fsp3) is 0.583. The highest BCUT2D eigenvalue weighted by molar-refractivity contribution is 7.80. The summed E-state index contributed by atoms with van der Waals surface area (Å²) in [5, 5.41) is 4.30. The van der Waals surface area contributed by atoms with E-state index in [2.05, 4.69) is 50.6 Å². The summed E-state index contributed by atoms with van der Waals surface area (Å²) in [5.74, 6) is 0. The monoisotopic (exact) mass is 457 g/mol. The van der Waals surface area contributed by atoms with Crippen molar-refractivity contribution in [2.45, 2.75) is 38.9 Å². The third-order valence-corrected chi connectivity index (χ3v) is 6.98. The van der Waals surface area contributed by atoms with Gasteiger partial charge < -0.3 is 24.3 Å². The fourth-order valence-corrected chi connectivity index (χ4v) is 5.25. The average Bonchev–Trinajstić information content (AvgIpc) is 3.29. The Morgan fingerprint density at radius 3 is 2.72 bits per heavy atom. The number of morpholine rings is 1. The minimum absolute atomic E-state index is 0.0165. The molecule has 4 heterocycles. The number of nitrogens with one attached hydrogen (secondary N) is 1. The Balaban J connectivity index is 1.56. The van der Waals surface area contributed by atoms with Crippen molar-refractivity contribution in [3.63, 3.8) is 0 Å². The number of methoxy groups -OCH3 is 1. The molecule has 0 saturated carbocycles. The summed E-state index contributed by atoms with van der Waals surface area (Å²) in [4.78, 5) is 9.41. The van der Waals surface area contributed by atoms with E-state index < -0.39 is 0 Å². The maximum atomic E-state index is 5.74. The van der Waals surface area contributed by atoms with E-state index in [0.717, 1.165) is 63.2 Å². The molecule has 1 N–H and O–H groups in total. The third-order valence-electron chi connectivity index (χ3n) is 6.63. The van der Waals surface area contributed by atoms with E-state index >= 15 is 0 Å². The molecule has 0 spiro atoms. The molecular weight excluding hydrogens is 422 g/mol. The van der Waals surface area contributed by atoms with Crippen LogP contribution in [0, 0.1) is 13.8 Å². The van der Waals surface area contributed by atoms with Crippen LogP contribution in [0.3, 0.4) is 0 Å². The SMILES string of the molecule is COCCN1C(=S)NC(c2ccccn2)C1c1cc(C)n(CCCN2CCOCC2)c1C. The lowest BCUT2D eigenvalue weighted by Crippen LogP contribution is -2.37. The molecule has 0 amide bonds. The predicted molar refractivity (Wildman–Crippen MR) is 130 cm³/mol. The van der Waals surface area contributed by atoms with Gasteiger partial charge in [-0.2, -0.15) is 0 Å². The molecule has 0 bridgehead atoms. The summed E-state index contributed by atoms with van der Waals surface area (Å²) < 4.78 is 13.3. The van der Waals surface area contributed by atoms with Crippen LogP contribution in [0.15, 0.2) is 30.5 Å². The van der Waals surface area contributed by atoms with Gasteiger partial charge in [0, 0.05) is 57.4 Å². The van der Waals surface area contributed by atoms with Gasteiger partial charge in [-0.05, 0) is 56.2 Å². The maximum Gasteiger partial charge on any atom is 0.170 e. The zero-order valence-electron chi connectivity index (χ0n) is 19.4. The van der Waals surface area contributed by atoms with Crippen molar-refractivity contribution in [2.75, 3.05) is 53.1 Å². The van der Waals surface area contributed by atoms with E-state index in [1.807, 2.05) is 18.3 Å². The second kappa shape index (κ2) is 10.7. The van der Waals surface area contributed by atoms with Crippen LogP contribution >= 0.6 is 12.2 Å². The van der Waals surface area contributed by atoms with E-state index in [4.69, 9.17) is 21.7 Å². The van der Waals surface area contributed by atoms with Gasteiger partial charge in [0.15, 0.2) is 5.11 Å². The minimum atomic E-state index is 0.0165. The second-order valence-corrected chi connectivity index (χ2v) is 8.99. The largest absolute Gasteiger partial charge is 0.383 e. The van der Waals surface area contributed by atoms with Crippen molar-refractivity contribution in [3.05, 3.63) is 53.1 Å². The van der Waals surface area contributed by atoms with E-state index in [9.17, 15) is 0 Å². The zero-order chi connectivity index (χ0) is 22.5. The average molecular weight is 458 g/mol. The Bertz CT molecular complexity index is 897. The topological polar surface area (TPSA) is 54.8 Å². The highest BCUT2D eigenvalue weighted by Crippen LogP contribution is 2.40. The van der Waals surface area contributed by atoms with Gasteiger partial charge in [-0.1, -0.05) is 6.07 Å². The molecule has 174 valence electrons. The van der Waals surface area contributed by atoms with Crippen molar-refractivity contribution in [1.29, 1.82) is 0 Å². The summed E-state index contributed by atoms with van der Waals surface area (Å²) in [6, 6.07) is 8.51. The molecule has 4 rings (SSSR count). The lowest BCUT2D eigenvalue weighted by atomic mass is 9.97. The molecule has 0 aromatic carbocycles. The van der Waals surface area contributed by atoms with Crippen molar-refractivity contribution < 1.29 is 9.47 Å². The fourth-order valence-electron chi connectivity index (χ4n) is 4.92. The molecule has 0 aliphatic carbocycles. The van der Waals surface area contributed by atoms with Crippen LogP contribution in [-0.4, -0.2) is 77.6 Å². The number of ether oxygens (including phenoxy) is 2. The lowest BCUT2D eigenvalue weighted by molar-refractivity contribution is 0.0369. The van der Waals surface area contributed by atoms with Gasteiger partial charge >= 0.3 is 0 Å². The third kappa shape index (κ3) is 4.98. The number of rotatable bonds is 9. The number of thiocarbonyl (C=S) groups is 1. The predicted octanol–water partition coefficient (Wildman–Crippen LogP) is 2.84. The molecule has 2 aromatic heterocycles. The summed E-state index contributed by atoms with van der Waals surface area (Å²) in [5.41, 5.74) is 4.93. The number of nitrogens with zero attached hydrogens (tertiary/aromatic N) is 4.